The van der Waals surface area contributed by atoms with E-state index in [1.807, 2.05) is 54.7 Å². The van der Waals surface area contributed by atoms with Crippen LogP contribution in [-0.4, -0.2) is 17.2 Å². The number of fused-ring (bicyclic) bond motifs is 1. The van der Waals surface area contributed by atoms with Gasteiger partial charge in [0.1, 0.15) is 5.75 Å². The molecule has 3 heteroatoms. The van der Waals surface area contributed by atoms with Crippen LogP contribution in [0.5, 0.6) is 5.75 Å². The number of nitrogens with zero attached hydrogens (tertiary/aromatic N) is 1. The number of methoxy groups -OCH3 is 1. The second-order valence-corrected chi connectivity index (χ2v) is 5.02. The Morgan fingerprint density at radius 2 is 1.81 bits per heavy atom. The molecule has 2 aromatic carbocycles. The number of benzene rings is 2. The van der Waals surface area contributed by atoms with Crippen molar-refractivity contribution in [3.8, 4) is 5.75 Å². The number of ether oxygens (including phenoxy) is 1. The molecule has 0 radical (unpaired) electrons. The Morgan fingerprint density at radius 3 is 2.57 bits per heavy atom. The van der Waals surface area contributed by atoms with Gasteiger partial charge in [-0.3, -0.25) is 4.98 Å². The topological polar surface area (TPSA) is 42.4 Å². The zero-order valence-corrected chi connectivity index (χ0v) is 11.9. The molecule has 1 atom stereocenters. The number of pyridine rings is 1. The van der Waals surface area contributed by atoms with Crippen LogP contribution in [0.15, 0.2) is 60.9 Å². The first-order valence-corrected chi connectivity index (χ1v) is 6.91. The Labute approximate surface area is 123 Å². The summed E-state index contributed by atoms with van der Waals surface area (Å²) in [4.78, 5) is 4.22. The molecule has 0 amide bonds. The average molecular weight is 279 g/mol. The monoisotopic (exact) mass is 279 g/mol. The molecule has 0 saturated heterocycles. The Hall–Kier alpha value is -2.39. The number of rotatable bonds is 4. The lowest BCUT2D eigenvalue weighted by atomic mass is 9.98. The Balaban J connectivity index is 1.88. The summed E-state index contributed by atoms with van der Waals surface area (Å²) in [6.45, 7) is 0. The third kappa shape index (κ3) is 2.88. The highest BCUT2D eigenvalue weighted by Crippen LogP contribution is 2.26. The summed E-state index contributed by atoms with van der Waals surface area (Å²) in [6, 6.07) is 15.7. The molecule has 1 heterocycles. The maximum atomic E-state index is 10.5. The minimum Gasteiger partial charge on any atom is -0.497 e. The average Bonchev–Trinajstić information content (AvgIpc) is 2.55. The fourth-order valence-electron chi connectivity index (χ4n) is 2.50. The first-order chi connectivity index (χ1) is 10.3. The highest BCUT2D eigenvalue weighted by atomic mass is 16.5. The number of aromatic nitrogens is 1. The third-order valence-corrected chi connectivity index (χ3v) is 3.65. The zero-order chi connectivity index (χ0) is 14.7. The van der Waals surface area contributed by atoms with Crippen molar-refractivity contribution in [1.82, 2.24) is 4.98 Å². The van der Waals surface area contributed by atoms with E-state index in [9.17, 15) is 5.11 Å². The molecule has 1 unspecified atom stereocenters. The summed E-state index contributed by atoms with van der Waals surface area (Å²) in [6.07, 6.45) is 3.55. The Kier molecular flexibility index (Phi) is 3.84. The van der Waals surface area contributed by atoms with E-state index in [1.165, 1.54) is 0 Å². The largest absolute Gasteiger partial charge is 0.497 e. The van der Waals surface area contributed by atoms with E-state index in [2.05, 4.69) is 4.98 Å². The van der Waals surface area contributed by atoms with Crippen molar-refractivity contribution in [3.63, 3.8) is 0 Å². The molecule has 21 heavy (non-hydrogen) atoms. The lowest BCUT2D eigenvalue weighted by Gasteiger charge is -2.13. The molecular weight excluding hydrogens is 262 g/mol. The molecule has 0 bridgehead atoms. The minimum atomic E-state index is -0.572. The molecule has 1 aromatic heterocycles. The van der Waals surface area contributed by atoms with E-state index in [4.69, 9.17) is 4.74 Å². The van der Waals surface area contributed by atoms with E-state index >= 15 is 0 Å². The van der Waals surface area contributed by atoms with E-state index in [0.29, 0.717) is 6.42 Å². The van der Waals surface area contributed by atoms with Gasteiger partial charge in [-0.05, 0) is 23.1 Å². The van der Waals surface area contributed by atoms with Crippen LogP contribution >= 0.6 is 0 Å². The summed E-state index contributed by atoms with van der Waals surface area (Å²) in [7, 11) is 1.64. The van der Waals surface area contributed by atoms with Crippen LogP contribution in [0.3, 0.4) is 0 Å². The van der Waals surface area contributed by atoms with Crippen molar-refractivity contribution in [2.24, 2.45) is 0 Å². The number of hydrogen-bond acceptors (Lipinski definition) is 3. The predicted octanol–water partition coefficient (Wildman–Crippen LogP) is 3.52. The van der Waals surface area contributed by atoms with Crippen LogP contribution in [0.1, 0.15) is 17.2 Å². The van der Waals surface area contributed by atoms with E-state index in [1.54, 1.807) is 13.3 Å². The second kappa shape index (κ2) is 5.94. The van der Waals surface area contributed by atoms with Gasteiger partial charge in [0.15, 0.2) is 0 Å². The first kappa shape index (κ1) is 13.6. The van der Waals surface area contributed by atoms with Crippen LogP contribution in [0.25, 0.3) is 10.8 Å². The molecule has 0 spiro atoms. The molecule has 0 saturated carbocycles. The quantitative estimate of drug-likeness (QED) is 0.794. The van der Waals surface area contributed by atoms with Gasteiger partial charge in [-0.1, -0.05) is 36.4 Å². The van der Waals surface area contributed by atoms with Crippen molar-refractivity contribution >= 4 is 10.8 Å². The second-order valence-electron chi connectivity index (χ2n) is 5.02. The maximum absolute atomic E-state index is 10.5. The molecule has 3 nitrogen and oxygen atoms in total. The van der Waals surface area contributed by atoms with Crippen LogP contribution < -0.4 is 4.74 Å². The highest BCUT2D eigenvalue weighted by molar-refractivity contribution is 5.84. The van der Waals surface area contributed by atoms with Gasteiger partial charge in [0.05, 0.1) is 13.2 Å². The van der Waals surface area contributed by atoms with Gasteiger partial charge in [0.25, 0.3) is 0 Å². The lowest BCUT2D eigenvalue weighted by molar-refractivity contribution is 0.179. The number of aliphatic hydroxyl groups excluding tert-OH is 1. The Morgan fingerprint density at radius 1 is 1.05 bits per heavy atom. The van der Waals surface area contributed by atoms with Gasteiger partial charge < -0.3 is 9.84 Å². The smallest absolute Gasteiger partial charge is 0.118 e. The van der Waals surface area contributed by atoms with Crippen molar-refractivity contribution in [2.45, 2.75) is 12.5 Å². The summed E-state index contributed by atoms with van der Waals surface area (Å²) in [5.74, 6) is 0.820. The molecular formula is C18H17NO2. The summed E-state index contributed by atoms with van der Waals surface area (Å²) in [5, 5.41) is 12.6. The van der Waals surface area contributed by atoms with Crippen molar-refractivity contribution < 1.29 is 9.84 Å². The van der Waals surface area contributed by atoms with Crippen molar-refractivity contribution in [1.29, 1.82) is 0 Å². The minimum absolute atomic E-state index is 0.555. The van der Waals surface area contributed by atoms with Gasteiger partial charge in [-0.2, -0.15) is 0 Å². The maximum Gasteiger partial charge on any atom is 0.118 e. The molecule has 0 aliphatic heterocycles. The normalized spacial score (nSPS) is 12.3. The lowest BCUT2D eigenvalue weighted by Crippen LogP contribution is -2.03. The molecule has 3 aromatic rings. The van der Waals surface area contributed by atoms with Gasteiger partial charge in [-0.15, -0.1) is 0 Å². The fourth-order valence-corrected chi connectivity index (χ4v) is 2.50. The van der Waals surface area contributed by atoms with Crippen LogP contribution in [0, 0.1) is 0 Å². The summed E-state index contributed by atoms with van der Waals surface area (Å²) < 4.78 is 5.14. The number of hydrogen-bond donors (Lipinski definition) is 1. The molecule has 0 fully saturated rings. The molecule has 0 aliphatic carbocycles. The molecule has 1 N–H and O–H groups in total. The van der Waals surface area contributed by atoms with Crippen LogP contribution in [-0.2, 0) is 6.42 Å². The molecule has 106 valence electrons. The van der Waals surface area contributed by atoms with Crippen molar-refractivity contribution in [3.05, 3.63) is 72.1 Å². The standard InChI is InChI=1S/C18H17NO2/c1-21-15-8-6-13(7-9-15)10-18(20)17-12-19-11-14-4-2-3-5-16(14)17/h2-9,11-12,18,20H,10H2,1H3. The molecule has 0 aliphatic rings. The first-order valence-electron chi connectivity index (χ1n) is 6.91. The molecule has 3 rings (SSSR count). The van der Waals surface area contributed by atoms with Gasteiger partial charge in [0.2, 0.25) is 0 Å². The van der Waals surface area contributed by atoms with Crippen LogP contribution in [0.2, 0.25) is 0 Å². The zero-order valence-electron chi connectivity index (χ0n) is 11.9. The van der Waals surface area contributed by atoms with E-state index in [0.717, 1.165) is 27.6 Å². The highest BCUT2D eigenvalue weighted by Gasteiger charge is 2.12. The Bertz CT molecular complexity index is 732. The van der Waals surface area contributed by atoms with Gasteiger partial charge in [0, 0.05) is 29.8 Å². The SMILES string of the molecule is COc1ccc(CC(O)c2cncc3ccccc23)cc1. The fraction of sp³-hybridized carbons (Fsp3) is 0.167. The number of aliphatic hydroxyl groups is 1. The van der Waals surface area contributed by atoms with E-state index in [-0.39, 0.29) is 0 Å². The predicted molar refractivity (Wildman–Crippen MR) is 83.4 cm³/mol. The summed E-state index contributed by atoms with van der Waals surface area (Å²) in [5.41, 5.74) is 1.93. The van der Waals surface area contributed by atoms with E-state index < -0.39 is 6.10 Å². The van der Waals surface area contributed by atoms with Crippen molar-refractivity contribution in [2.75, 3.05) is 7.11 Å². The van der Waals surface area contributed by atoms with Gasteiger partial charge in [-0.25, -0.2) is 0 Å². The van der Waals surface area contributed by atoms with Crippen LogP contribution in [0.4, 0.5) is 0 Å². The van der Waals surface area contributed by atoms with Gasteiger partial charge >= 0.3 is 0 Å². The third-order valence-electron chi connectivity index (χ3n) is 3.65. The summed E-state index contributed by atoms with van der Waals surface area (Å²) >= 11 is 0.